The summed E-state index contributed by atoms with van der Waals surface area (Å²) in [5.41, 5.74) is 2.73. The van der Waals surface area contributed by atoms with E-state index in [4.69, 9.17) is 0 Å². The Morgan fingerprint density at radius 2 is 1.03 bits per heavy atom. The molecule has 2 aromatic rings. The van der Waals surface area contributed by atoms with Crippen molar-refractivity contribution >= 4 is 20.9 Å². The van der Waals surface area contributed by atoms with Crippen LogP contribution in [0.25, 0.3) is 10.8 Å². The fourth-order valence-corrected chi connectivity index (χ4v) is 5.04. The smallest absolute Gasteiger partial charge is 0.744 e. The minimum absolute atomic E-state index is 0. The normalized spacial score (nSPS) is 11.6. The number of hydrogen-bond donors (Lipinski definition) is 0. The van der Waals surface area contributed by atoms with Crippen molar-refractivity contribution in [3.8, 4) is 0 Å². The maximum Gasteiger partial charge on any atom is 1.00 e. The monoisotopic (exact) mass is 482 g/mol. The first kappa shape index (κ1) is 30.6. The van der Waals surface area contributed by atoms with Crippen LogP contribution < -0.4 is 29.6 Å². The maximum absolute atomic E-state index is 11.5. The van der Waals surface area contributed by atoms with Crippen LogP contribution in [0.1, 0.15) is 115 Å². The van der Waals surface area contributed by atoms with Crippen LogP contribution in [0.4, 0.5) is 0 Å². The number of unbranched alkanes of at least 4 members (excludes halogenated alkanes) is 12. The minimum Gasteiger partial charge on any atom is -0.744 e. The van der Waals surface area contributed by atoms with Gasteiger partial charge in [-0.15, -0.1) is 0 Å². The van der Waals surface area contributed by atoms with Gasteiger partial charge in [0, 0.05) is 0 Å². The summed E-state index contributed by atoms with van der Waals surface area (Å²) < 4.78 is 34.4. The Hall–Kier alpha value is -0.390. The average molecular weight is 483 g/mol. The van der Waals surface area contributed by atoms with Crippen molar-refractivity contribution in [2.75, 3.05) is 0 Å². The Morgan fingerprint density at radius 1 is 0.606 bits per heavy atom. The molecule has 0 unspecified atom stereocenters. The molecule has 3 nitrogen and oxygen atoms in total. The molecule has 0 N–H and O–H groups in total. The van der Waals surface area contributed by atoms with Crippen LogP contribution in [0.15, 0.2) is 35.2 Å². The molecule has 0 spiro atoms. The molecule has 0 aliphatic heterocycles. The first-order valence-corrected chi connectivity index (χ1v) is 14.4. The van der Waals surface area contributed by atoms with Crippen LogP contribution in [-0.4, -0.2) is 13.0 Å². The van der Waals surface area contributed by atoms with Gasteiger partial charge in [-0.3, -0.25) is 0 Å². The van der Waals surface area contributed by atoms with Gasteiger partial charge in [0.05, 0.1) is 4.90 Å². The van der Waals surface area contributed by atoms with Crippen LogP contribution in [0, 0.1) is 0 Å². The number of aryl methyl sites for hydroxylation is 2. The van der Waals surface area contributed by atoms with Gasteiger partial charge in [0.1, 0.15) is 10.1 Å². The van der Waals surface area contributed by atoms with E-state index in [0.29, 0.717) is 0 Å². The molecule has 0 fully saturated rings. The van der Waals surface area contributed by atoms with Crippen molar-refractivity contribution in [2.45, 2.75) is 121 Å². The van der Waals surface area contributed by atoms with Crippen molar-refractivity contribution in [3.63, 3.8) is 0 Å². The molecule has 2 aromatic carbocycles. The van der Waals surface area contributed by atoms with E-state index in [1.54, 1.807) is 12.1 Å². The van der Waals surface area contributed by atoms with Crippen LogP contribution >= 0.6 is 0 Å². The zero-order chi connectivity index (χ0) is 23.2. The molecule has 33 heavy (non-hydrogen) atoms. The predicted molar refractivity (Wildman–Crippen MR) is 135 cm³/mol. The molecule has 0 aliphatic carbocycles. The van der Waals surface area contributed by atoms with E-state index in [1.807, 2.05) is 0 Å². The number of rotatable bonds is 17. The third kappa shape index (κ3) is 11.7. The van der Waals surface area contributed by atoms with Gasteiger partial charge in [0.2, 0.25) is 0 Å². The van der Waals surface area contributed by atoms with Gasteiger partial charge in [-0.1, -0.05) is 109 Å². The van der Waals surface area contributed by atoms with Gasteiger partial charge >= 0.3 is 29.6 Å². The first-order valence-electron chi connectivity index (χ1n) is 13.0. The summed E-state index contributed by atoms with van der Waals surface area (Å²) >= 11 is 0. The Bertz CT molecular complexity index is 909. The van der Waals surface area contributed by atoms with E-state index in [2.05, 4.69) is 26.0 Å². The van der Waals surface area contributed by atoms with Crippen molar-refractivity contribution in [3.05, 3.63) is 41.5 Å². The van der Waals surface area contributed by atoms with E-state index in [-0.39, 0.29) is 34.5 Å². The van der Waals surface area contributed by atoms with E-state index in [1.165, 1.54) is 107 Å². The molecule has 0 amide bonds. The second kappa shape index (κ2) is 17.1. The fraction of sp³-hybridized carbons (Fsp3) is 0.643. The van der Waals surface area contributed by atoms with E-state index in [9.17, 15) is 13.0 Å². The molecular formula is C28H43NaO3S. The van der Waals surface area contributed by atoms with Gasteiger partial charge in [-0.2, -0.15) is 0 Å². The summed E-state index contributed by atoms with van der Waals surface area (Å²) in [6.07, 6.45) is 20.2. The second-order valence-electron chi connectivity index (χ2n) is 9.33. The largest absolute Gasteiger partial charge is 1.00 e. The Balaban J connectivity index is 0.00000544. The van der Waals surface area contributed by atoms with Crippen molar-refractivity contribution < 1.29 is 42.5 Å². The molecule has 0 atom stereocenters. The molecule has 2 rings (SSSR count). The third-order valence-electron chi connectivity index (χ3n) is 6.52. The van der Waals surface area contributed by atoms with Gasteiger partial charge in [-0.05, 0) is 59.7 Å². The molecule has 0 bridgehead atoms. The molecule has 180 valence electrons. The summed E-state index contributed by atoms with van der Waals surface area (Å²) in [5.74, 6) is 0. The summed E-state index contributed by atoms with van der Waals surface area (Å²) in [6.45, 7) is 4.50. The molecule has 0 aromatic heterocycles. The van der Waals surface area contributed by atoms with Crippen molar-refractivity contribution in [1.82, 2.24) is 0 Å². The Morgan fingerprint density at radius 3 is 1.48 bits per heavy atom. The topological polar surface area (TPSA) is 57.2 Å². The van der Waals surface area contributed by atoms with Crippen LogP contribution in [0.5, 0.6) is 0 Å². The molecule has 0 heterocycles. The molecule has 0 radical (unpaired) electrons. The predicted octanol–water partition coefficient (Wildman–Crippen LogP) is 5.33. The second-order valence-corrected chi connectivity index (χ2v) is 10.7. The number of fused-ring (bicyclic) bond motifs is 1. The molecule has 0 saturated carbocycles. The Labute approximate surface area is 225 Å². The van der Waals surface area contributed by atoms with Crippen molar-refractivity contribution in [2.24, 2.45) is 0 Å². The Kier molecular flexibility index (Phi) is 15.9. The molecule has 5 heteroatoms. The van der Waals surface area contributed by atoms with Gasteiger partial charge in [-0.25, -0.2) is 8.42 Å². The third-order valence-corrected chi connectivity index (χ3v) is 7.35. The number of hydrogen-bond acceptors (Lipinski definition) is 3. The van der Waals surface area contributed by atoms with Gasteiger partial charge in [0.15, 0.2) is 0 Å². The molecule has 0 saturated heterocycles. The average Bonchev–Trinajstić information content (AvgIpc) is 2.76. The summed E-state index contributed by atoms with van der Waals surface area (Å²) in [6, 6.07) is 9.13. The van der Waals surface area contributed by atoms with Gasteiger partial charge in [0.25, 0.3) is 0 Å². The summed E-state index contributed by atoms with van der Waals surface area (Å²) in [7, 11) is -4.43. The van der Waals surface area contributed by atoms with E-state index >= 15 is 0 Å². The van der Waals surface area contributed by atoms with E-state index < -0.39 is 10.1 Å². The SMILES string of the molecule is CCCCCCCCCc1cc2ccc(S(=O)(=O)[O-])cc2cc1CCCCCCCCC.[Na+]. The summed E-state index contributed by atoms with van der Waals surface area (Å²) in [5, 5.41) is 1.89. The molecular weight excluding hydrogens is 439 g/mol. The zero-order valence-electron chi connectivity index (χ0n) is 21.3. The van der Waals surface area contributed by atoms with Crippen LogP contribution in [-0.2, 0) is 23.0 Å². The van der Waals surface area contributed by atoms with Crippen molar-refractivity contribution in [1.29, 1.82) is 0 Å². The minimum atomic E-state index is -4.43. The zero-order valence-corrected chi connectivity index (χ0v) is 24.1. The van der Waals surface area contributed by atoms with Crippen LogP contribution in [0.2, 0.25) is 0 Å². The standard InChI is InChI=1S/C28H44O3S.Na/c1-3-5-7-9-11-13-15-17-24-21-26-19-20-28(32(29,30)31)23-27(26)22-25(24)18-16-14-12-10-8-6-4-2;/h19-23H,3-18H2,1-2H3,(H,29,30,31);/q;+1/p-1. The first-order chi connectivity index (χ1) is 15.5. The van der Waals surface area contributed by atoms with Crippen LogP contribution in [0.3, 0.4) is 0 Å². The van der Waals surface area contributed by atoms with E-state index in [0.717, 1.165) is 23.6 Å². The molecule has 0 aliphatic rings. The quantitative estimate of drug-likeness (QED) is 0.174. The number of benzene rings is 2. The fourth-order valence-electron chi connectivity index (χ4n) is 4.54. The summed E-state index contributed by atoms with van der Waals surface area (Å²) in [4.78, 5) is -0.133. The maximum atomic E-state index is 11.5. The van der Waals surface area contributed by atoms with Gasteiger partial charge < -0.3 is 4.55 Å².